The molecule has 1 rings (SSSR count). The molecule has 0 bridgehead atoms. The molecule has 19 heavy (non-hydrogen) atoms. The summed E-state index contributed by atoms with van der Waals surface area (Å²) in [6.45, 7) is -1.92. The molecule has 1 aromatic rings. The van der Waals surface area contributed by atoms with Gasteiger partial charge in [0, 0.05) is 5.56 Å². The fourth-order valence-electron chi connectivity index (χ4n) is 1.36. The zero-order valence-corrected chi connectivity index (χ0v) is 9.75. The fraction of sp³-hybridized carbons (Fsp3) is 0.455. The molecule has 3 nitrogen and oxygen atoms in total. The summed E-state index contributed by atoms with van der Waals surface area (Å²) < 4.78 is 66.8. The van der Waals surface area contributed by atoms with Crippen LogP contribution in [0.3, 0.4) is 0 Å². The quantitative estimate of drug-likeness (QED) is 0.458. The van der Waals surface area contributed by atoms with Crippen molar-refractivity contribution in [3.8, 4) is 0 Å². The standard InChI is InChI=1S/C11H13F5N2O/c12-8-4-2-1-3-7(8)9(18-17)5-19-6-11(15,16)10(13)14/h1-4,9-10,18H,5-6,17H2. The molecular weight excluding hydrogens is 271 g/mol. The van der Waals surface area contributed by atoms with Crippen LogP contribution in [-0.2, 0) is 4.74 Å². The van der Waals surface area contributed by atoms with E-state index in [-0.39, 0.29) is 5.56 Å². The number of hydrazine groups is 1. The first-order valence-corrected chi connectivity index (χ1v) is 5.32. The van der Waals surface area contributed by atoms with Crippen LogP contribution in [0.15, 0.2) is 24.3 Å². The summed E-state index contributed by atoms with van der Waals surface area (Å²) in [6.07, 6.45) is -3.81. The number of hydrogen-bond acceptors (Lipinski definition) is 3. The van der Waals surface area contributed by atoms with Gasteiger partial charge in [-0.15, -0.1) is 0 Å². The number of nitrogens with two attached hydrogens (primary N) is 1. The molecule has 0 saturated heterocycles. The average Bonchev–Trinajstić information content (AvgIpc) is 2.35. The van der Waals surface area contributed by atoms with Crippen molar-refractivity contribution in [3.05, 3.63) is 35.6 Å². The summed E-state index contributed by atoms with van der Waals surface area (Å²) in [5.74, 6) is 0.307. The van der Waals surface area contributed by atoms with Crippen LogP contribution in [-0.4, -0.2) is 25.6 Å². The minimum Gasteiger partial charge on any atom is -0.373 e. The Balaban J connectivity index is 2.58. The van der Waals surface area contributed by atoms with Crippen molar-refractivity contribution in [3.63, 3.8) is 0 Å². The second-order valence-corrected chi connectivity index (χ2v) is 3.82. The van der Waals surface area contributed by atoms with Gasteiger partial charge in [-0.1, -0.05) is 18.2 Å². The van der Waals surface area contributed by atoms with Crippen LogP contribution < -0.4 is 11.3 Å². The third-order valence-corrected chi connectivity index (χ3v) is 2.38. The highest BCUT2D eigenvalue weighted by atomic mass is 19.3. The maximum Gasteiger partial charge on any atom is 0.330 e. The maximum absolute atomic E-state index is 13.4. The molecule has 0 saturated carbocycles. The molecule has 1 aromatic carbocycles. The van der Waals surface area contributed by atoms with Gasteiger partial charge >= 0.3 is 12.3 Å². The maximum atomic E-state index is 13.4. The van der Waals surface area contributed by atoms with Crippen LogP contribution in [0.1, 0.15) is 11.6 Å². The third kappa shape index (κ3) is 4.41. The van der Waals surface area contributed by atoms with Crippen LogP contribution >= 0.6 is 0 Å². The third-order valence-electron chi connectivity index (χ3n) is 2.38. The van der Waals surface area contributed by atoms with Crippen molar-refractivity contribution in [2.75, 3.05) is 13.2 Å². The van der Waals surface area contributed by atoms with Crippen molar-refractivity contribution in [1.82, 2.24) is 5.43 Å². The van der Waals surface area contributed by atoms with E-state index in [1.54, 1.807) is 0 Å². The first-order valence-electron chi connectivity index (χ1n) is 5.32. The highest BCUT2D eigenvalue weighted by molar-refractivity contribution is 5.21. The predicted molar refractivity (Wildman–Crippen MR) is 58.2 cm³/mol. The van der Waals surface area contributed by atoms with Gasteiger partial charge in [0.1, 0.15) is 12.4 Å². The van der Waals surface area contributed by atoms with E-state index in [2.05, 4.69) is 10.2 Å². The van der Waals surface area contributed by atoms with Gasteiger partial charge < -0.3 is 4.74 Å². The normalized spacial score (nSPS) is 13.8. The molecule has 0 radical (unpaired) electrons. The summed E-state index contributed by atoms with van der Waals surface area (Å²) >= 11 is 0. The van der Waals surface area contributed by atoms with E-state index in [1.807, 2.05) is 0 Å². The lowest BCUT2D eigenvalue weighted by atomic mass is 10.1. The summed E-state index contributed by atoms with van der Waals surface area (Å²) in [5.41, 5.74) is 2.28. The van der Waals surface area contributed by atoms with Gasteiger partial charge in [0.05, 0.1) is 12.6 Å². The van der Waals surface area contributed by atoms with Gasteiger partial charge in [0.25, 0.3) is 0 Å². The van der Waals surface area contributed by atoms with Gasteiger partial charge in [-0.25, -0.2) is 13.2 Å². The predicted octanol–water partition coefficient (Wildman–Crippen LogP) is 2.25. The lowest BCUT2D eigenvalue weighted by Gasteiger charge is -2.20. The van der Waals surface area contributed by atoms with Gasteiger partial charge in [-0.2, -0.15) is 8.78 Å². The molecule has 0 fully saturated rings. The van der Waals surface area contributed by atoms with Crippen molar-refractivity contribution < 1.29 is 26.7 Å². The molecule has 0 heterocycles. The SMILES string of the molecule is NNC(COCC(F)(F)C(F)F)c1ccccc1F. The number of benzene rings is 1. The van der Waals surface area contributed by atoms with Crippen LogP contribution in [0.2, 0.25) is 0 Å². The molecule has 1 unspecified atom stereocenters. The summed E-state index contributed by atoms with van der Waals surface area (Å²) in [6, 6.07) is 4.60. The number of nitrogens with one attached hydrogen (secondary N) is 1. The van der Waals surface area contributed by atoms with E-state index < -0.39 is 37.4 Å². The average molecular weight is 284 g/mol. The molecule has 1 atom stereocenters. The minimum absolute atomic E-state index is 0.102. The van der Waals surface area contributed by atoms with Crippen LogP contribution in [0.4, 0.5) is 22.0 Å². The molecular formula is C11H13F5N2O. The summed E-state index contributed by atoms with van der Waals surface area (Å²) in [7, 11) is 0. The number of halogens is 5. The molecule has 0 aliphatic carbocycles. The van der Waals surface area contributed by atoms with Gasteiger partial charge in [0.2, 0.25) is 0 Å². The lowest BCUT2D eigenvalue weighted by Crippen LogP contribution is -2.36. The van der Waals surface area contributed by atoms with E-state index in [9.17, 15) is 22.0 Å². The summed E-state index contributed by atoms with van der Waals surface area (Å²) in [5, 5.41) is 0. The molecule has 108 valence electrons. The van der Waals surface area contributed by atoms with Gasteiger partial charge in [-0.3, -0.25) is 11.3 Å². The van der Waals surface area contributed by atoms with E-state index in [1.165, 1.54) is 18.2 Å². The van der Waals surface area contributed by atoms with Crippen molar-refractivity contribution in [2.24, 2.45) is 5.84 Å². The smallest absolute Gasteiger partial charge is 0.330 e. The highest BCUT2D eigenvalue weighted by Gasteiger charge is 2.41. The lowest BCUT2D eigenvalue weighted by molar-refractivity contribution is -0.167. The Morgan fingerprint density at radius 2 is 1.89 bits per heavy atom. The van der Waals surface area contributed by atoms with E-state index in [4.69, 9.17) is 5.84 Å². The molecule has 0 aliphatic heterocycles. The molecule has 8 heteroatoms. The van der Waals surface area contributed by atoms with Crippen molar-refractivity contribution in [2.45, 2.75) is 18.4 Å². The molecule has 0 amide bonds. The second-order valence-electron chi connectivity index (χ2n) is 3.82. The van der Waals surface area contributed by atoms with E-state index >= 15 is 0 Å². The Hall–Kier alpha value is -1.25. The number of hydrogen-bond donors (Lipinski definition) is 2. The van der Waals surface area contributed by atoms with Crippen molar-refractivity contribution >= 4 is 0 Å². The number of ether oxygens (including phenoxy) is 1. The Morgan fingerprint density at radius 1 is 1.26 bits per heavy atom. The topological polar surface area (TPSA) is 47.3 Å². The first-order chi connectivity index (χ1) is 8.88. The first kappa shape index (κ1) is 15.8. The van der Waals surface area contributed by atoms with Gasteiger partial charge in [0.15, 0.2) is 0 Å². The van der Waals surface area contributed by atoms with Crippen LogP contribution in [0, 0.1) is 5.82 Å². The Bertz CT molecular complexity index is 402. The minimum atomic E-state index is -4.24. The Kier molecular flexibility index (Phi) is 5.64. The zero-order valence-electron chi connectivity index (χ0n) is 9.75. The number of alkyl halides is 4. The largest absolute Gasteiger partial charge is 0.373 e. The molecule has 0 spiro atoms. The zero-order chi connectivity index (χ0) is 14.5. The van der Waals surface area contributed by atoms with Crippen LogP contribution in [0.25, 0.3) is 0 Å². The highest BCUT2D eigenvalue weighted by Crippen LogP contribution is 2.24. The fourth-order valence-corrected chi connectivity index (χ4v) is 1.36. The van der Waals surface area contributed by atoms with E-state index in [0.717, 1.165) is 6.07 Å². The second kappa shape index (κ2) is 6.78. The van der Waals surface area contributed by atoms with Gasteiger partial charge in [-0.05, 0) is 6.07 Å². The Labute approximate surface area is 106 Å². The van der Waals surface area contributed by atoms with Crippen molar-refractivity contribution in [1.29, 1.82) is 0 Å². The monoisotopic (exact) mass is 284 g/mol. The Morgan fingerprint density at radius 3 is 2.42 bits per heavy atom. The summed E-state index contributed by atoms with van der Waals surface area (Å²) in [4.78, 5) is 0. The number of rotatable bonds is 7. The molecule has 0 aliphatic rings. The van der Waals surface area contributed by atoms with E-state index in [0.29, 0.717) is 0 Å². The molecule has 3 N–H and O–H groups in total. The molecule has 0 aromatic heterocycles. The van der Waals surface area contributed by atoms with Crippen LogP contribution in [0.5, 0.6) is 0 Å².